The summed E-state index contributed by atoms with van der Waals surface area (Å²) < 4.78 is 0. The van der Waals surface area contributed by atoms with Crippen LogP contribution in [0.15, 0.2) is 24.3 Å². The zero-order valence-corrected chi connectivity index (χ0v) is 12.1. The van der Waals surface area contributed by atoms with Crippen molar-refractivity contribution in [1.82, 2.24) is 14.9 Å². The van der Waals surface area contributed by atoms with Crippen LogP contribution in [0.3, 0.4) is 0 Å². The van der Waals surface area contributed by atoms with Crippen molar-refractivity contribution >= 4 is 11.9 Å². The number of amides is 1. The highest BCUT2D eigenvalue weighted by Gasteiger charge is 2.20. The zero-order chi connectivity index (χ0) is 14.9. The number of nitrogens with two attached hydrogens (primary N) is 1. The largest absolute Gasteiger partial charge is 0.368 e. The highest BCUT2D eigenvalue weighted by molar-refractivity contribution is 6.00. The first-order chi connectivity index (χ1) is 9.40. The van der Waals surface area contributed by atoms with Crippen LogP contribution in [0.25, 0.3) is 11.3 Å². The number of hydrogen-bond acceptors (Lipinski definition) is 4. The van der Waals surface area contributed by atoms with Crippen LogP contribution in [-0.2, 0) is 0 Å². The Balaban J connectivity index is 2.71. The number of aromatic nitrogens is 2. The Labute approximate surface area is 118 Å². The van der Waals surface area contributed by atoms with Crippen LogP contribution >= 0.6 is 0 Å². The second-order valence-corrected chi connectivity index (χ2v) is 4.96. The van der Waals surface area contributed by atoms with Gasteiger partial charge < -0.3 is 10.6 Å². The molecule has 1 heterocycles. The molecular formula is C15H18N4O. The third-order valence-electron chi connectivity index (χ3n) is 3.02. The van der Waals surface area contributed by atoms with E-state index in [0.717, 1.165) is 11.1 Å². The Kier molecular flexibility index (Phi) is 3.70. The molecule has 0 aliphatic rings. The molecule has 0 bridgehead atoms. The Bertz CT molecular complexity index is 665. The van der Waals surface area contributed by atoms with Gasteiger partial charge in [-0.2, -0.15) is 0 Å². The van der Waals surface area contributed by atoms with Crippen LogP contribution in [0.5, 0.6) is 0 Å². The molecule has 0 spiro atoms. The lowest BCUT2D eigenvalue weighted by atomic mass is 10.0. The minimum absolute atomic E-state index is 0.126. The number of hydrogen-bond donors (Lipinski definition) is 1. The smallest absolute Gasteiger partial charge is 0.257 e. The van der Waals surface area contributed by atoms with E-state index in [-0.39, 0.29) is 11.9 Å². The number of aryl methyl sites for hydroxylation is 2. The first kappa shape index (κ1) is 14.0. The standard InChI is InChI=1S/C15H18N4O/c1-9-6-5-7-11(8-9)13-12(14(20)19(3)4)10(2)17-15(16)18-13/h5-8H,1-4H3,(H2,16,17,18). The Hall–Kier alpha value is -2.43. The van der Waals surface area contributed by atoms with E-state index in [1.807, 2.05) is 31.2 Å². The van der Waals surface area contributed by atoms with Crippen LogP contribution in [0.2, 0.25) is 0 Å². The number of anilines is 1. The molecule has 0 radical (unpaired) electrons. The van der Waals surface area contributed by atoms with Crippen molar-refractivity contribution in [3.05, 3.63) is 41.1 Å². The number of nitrogens with zero attached hydrogens (tertiary/aromatic N) is 3. The van der Waals surface area contributed by atoms with Crippen LogP contribution in [0.1, 0.15) is 21.6 Å². The second-order valence-electron chi connectivity index (χ2n) is 4.96. The van der Waals surface area contributed by atoms with Gasteiger partial charge in [-0.3, -0.25) is 4.79 Å². The van der Waals surface area contributed by atoms with E-state index >= 15 is 0 Å². The molecule has 104 valence electrons. The molecule has 0 aliphatic heterocycles. The van der Waals surface area contributed by atoms with Crippen molar-refractivity contribution in [1.29, 1.82) is 0 Å². The van der Waals surface area contributed by atoms with Gasteiger partial charge in [0.25, 0.3) is 5.91 Å². The lowest BCUT2D eigenvalue weighted by Crippen LogP contribution is -2.24. The minimum atomic E-state index is -0.126. The van der Waals surface area contributed by atoms with E-state index in [0.29, 0.717) is 17.0 Å². The van der Waals surface area contributed by atoms with Crippen LogP contribution in [0, 0.1) is 13.8 Å². The van der Waals surface area contributed by atoms with E-state index < -0.39 is 0 Å². The van der Waals surface area contributed by atoms with Gasteiger partial charge >= 0.3 is 0 Å². The van der Waals surface area contributed by atoms with Crippen molar-refractivity contribution in [3.63, 3.8) is 0 Å². The van der Waals surface area contributed by atoms with Crippen molar-refractivity contribution in [3.8, 4) is 11.3 Å². The first-order valence-electron chi connectivity index (χ1n) is 6.33. The van der Waals surface area contributed by atoms with Gasteiger partial charge in [0.05, 0.1) is 17.0 Å². The highest BCUT2D eigenvalue weighted by Crippen LogP contribution is 2.25. The van der Waals surface area contributed by atoms with E-state index in [1.165, 1.54) is 4.90 Å². The predicted octanol–water partition coefficient (Wildman–Crippen LogP) is 2.04. The molecule has 0 unspecified atom stereocenters. The molecular weight excluding hydrogens is 252 g/mol. The molecule has 1 aromatic heterocycles. The van der Waals surface area contributed by atoms with Crippen LogP contribution in [0.4, 0.5) is 5.95 Å². The van der Waals surface area contributed by atoms with Gasteiger partial charge in [-0.25, -0.2) is 9.97 Å². The summed E-state index contributed by atoms with van der Waals surface area (Å²) in [5.41, 5.74) is 9.37. The zero-order valence-electron chi connectivity index (χ0n) is 12.1. The van der Waals surface area contributed by atoms with E-state index in [9.17, 15) is 4.79 Å². The Morgan fingerprint density at radius 1 is 1.20 bits per heavy atom. The minimum Gasteiger partial charge on any atom is -0.368 e. The van der Waals surface area contributed by atoms with Gasteiger partial charge in [-0.15, -0.1) is 0 Å². The van der Waals surface area contributed by atoms with Crippen LogP contribution < -0.4 is 5.73 Å². The SMILES string of the molecule is Cc1cccc(-c2nc(N)nc(C)c2C(=O)N(C)C)c1. The average Bonchev–Trinajstić information content (AvgIpc) is 2.37. The summed E-state index contributed by atoms with van der Waals surface area (Å²) in [5, 5.41) is 0. The topological polar surface area (TPSA) is 72.1 Å². The lowest BCUT2D eigenvalue weighted by Gasteiger charge is -2.16. The van der Waals surface area contributed by atoms with E-state index in [2.05, 4.69) is 9.97 Å². The molecule has 0 aliphatic carbocycles. The summed E-state index contributed by atoms with van der Waals surface area (Å²) in [6, 6.07) is 7.82. The Morgan fingerprint density at radius 2 is 1.90 bits per heavy atom. The molecule has 2 N–H and O–H groups in total. The normalized spacial score (nSPS) is 10.4. The van der Waals surface area contributed by atoms with Crippen LogP contribution in [-0.4, -0.2) is 34.9 Å². The van der Waals surface area contributed by atoms with Gasteiger partial charge in [0.1, 0.15) is 0 Å². The summed E-state index contributed by atoms with van der Waals surface area (Å²) in [4.78, 5) is 22.2. The van der Waals surface area contributed by atoms with Crippen molar-refractivity contribution in [2.45, 2.75) is 13.8 Å². The van der Waals surface area contributed by atoms with Crippen molar-refractivity contribution in [2.24, 2.45) is 0 Å². The van der Waals surface area contributed by atoms with Gasteiger partial charge in [0.15, 0.2) is 0 Å². The van der Waals surface area contributed by atoms with E-state index in [1.54, 1.807) is 21.0 Å². The predicted molar refractivity (Wildman–Crippen MR) is 79.4 cm³/mol. The third kappa shape index (κ3) is 2.61. The summed E-state index contributed by atoms with van der Waals surface area (Å²) in [7, 11) is 3.41. The molecule has 5 nitrogen and oxygen atoms in total. The molecule has 2 rings (SSSR count). The van der Waals surface area contributed by atoms with E-state index in [4.69, 9.17) is 5.73 Å². The fraction of sp³-hybridized carbons (Fsp3) is 0.267. The number of carbonyl (C=O) groups excluding carboxylic acids is 1. The van der Waals surface area contributed by atoms with Gasteiger partial charge in [0, 0.05) is 19.7 Å². The molecule has 5 heteroatoms. The van der Waals surface area contributed by atoms with Gasteiger partial charge in [-0.05, 0) is 19.9 Å². The molecule has 0 saturated heterocycles. The average molecular weight is 270 g/mol. The summed E-state index contributed by atoms with van der Waals surface area (Å²) in [6.45, 7) is 3.77. The summed E-state index contributed by atoms with van der Waals surface area (Å²) in [6.07, 6.45) is 0. The molecule has 1 amide bonds. The Morgan fingerprint density at radius 3 is 2.50 bits per heavy atom. The summed E-state index contributed by atoms with van der Waals surface area (Å²) >= 11 is 0. The quantitative estimate of drug-likeness (QED) is 0.906. The van der Waals surface area contributed by atoms with Crippen molar-refractivity contribution < 1.29 is 4.79 Å². The first-order valence-corrected chi connectivity index (χ1v) is 6.33. The maximum absolute atomic E-state index is 12.4. The number of rotatable bonds is 2. The highest BCUT2D eigenvalue weighted by atomic mass is 16.2. The molecule has 0 atom stereocenters. The number of carbonyl (C=O) groups is 1. The fourth-order valence-electron chi connectivity index (χ4n) is 2.08. The third-order valence-corrected chi connectivity index (χ3v) is 3.02. The summed E-state index contributed by atoms with van der Waals surface area (Å²) in [5.74, 6) is 0.0494. The molecule has 1 aromatic carbocycles. The molecule has 0 fully saturated rings. The fourth-order valence-corrected chi connectivity index (χ4v) is 2.08. The number of benzene rings is 1. The van der Waals surface area contributed by atoms with Gasteiger partial charge in [-0.1, -0.05) is 23.8 Å². The molecule has 20 heavy (non-hydrogen) atoms. The molecule has 0 saturated carbocycles. The maximum Gasteiger partial charge on any atom is 0.257 e. The van der Waals surface area contributed by atoms with Crippen molar-refractivity contribution in [2.75, 3.05) is 19.8 Å². The molecule has 2 aromatic rings. The maximum atomic E-state index is 12.4. The second kappa shape index (κ2) is 5.28. The number of nitrogen functional groups attached to an aromatic ring is 1. The monoisotopic (exact) mass is 270 g/mol. The lowest BCUT2D eigenvalue weighted by molar-refractivity contribution is 0.0827. The van der Waals surface area contributed by atoms with Gasteiger partial charge in [0.2, 0.25) is 5.95 Å².